The number of hydrogen-bond donors (Lipinski definition) is 1. The molecule has 0 fully saturated rings. The highest BCUT2D eigenvalue weighted by Crippen LogP contribution is 2.16. The summed E-state index contributed by atoms with van der Waals surface area (Å²) < 4.78 is 15.5. The number of carbonyl (C=O) groups excluding carboxylic acids is 1. The average Bonchev–Trinajstić information content (AvgIpc) is 2.14. The summed E-state index contributed by atoms with van der Waals surface area (Å²) >= 11 is 0. The maximum Gasteiger partial charge on any atom is 0.324 e. The largest absolute Gasteiger partial charge is 0.465 e. The number of ether oxygens (including phenoxy) is 1. The van der Waals surface area contributed by atoms with Crippen molar-refractivity contribution in [2.45, 2.75) is 31.9 Å². The molecule has 0 aromatic heterocycles. The maximum atomic E-state index is 11.6. The molecule has 0 rings (SSSR count). The molecule has 4 nitrogen and oxygen atoms in total. The van der Waals surface area contributed by atoms with Gasteiger partial charge in [0.05, 0.1) is 6.61 Å². The molecule has 1 N–H and O–H groups in total. The summed E-state index contributed by atoms with van der Waals surface area (Å²) in [6.45, 7) is 5.19. The SMILES string of the molecule is CCOC(=O)C(C)(C)S(=O)CCCO. The van der Waals surface area contributed by atoms with Crippen LogP contribution in [-0.4, -0.2) is 39.0 Å². The number of carbonyl (C=O) groups is 1. The van der Waals surface area contributed by atoms with Crippen LogP contribution in [0.5, 0.6) is 0 Å². The topological polar surface area (TPSA) is 63.6 Å². The van der Waals surface area contributed by atoms with Gasteiger partial charge in [-0.1, -0.05) is 0 Å². The van der Waals surface area contributed by atoms with E-state index in [1.165, 1.54) is 0 Å². The quantitative estimate of drug-likeness (QED) is 0.663. The third-order valence-corrected chi connectivity index (χ3v) is 3.79. The first-order valence-electron chi connectivity index (χ1n) is 4.63. The third-order valence-electron chi connectivity index (χ3n) is 1.82. The van der Waals surface area contributed by atoms with Gasteiger partial charge in [0.15, 0.2) is 0 Å². The summed E-state index contributed by atoms with van der Waals surface area (Å²) in [4.78, 5) is 11.4. The van der Waals surface area contributed by atoms with Crippen molar-refractivity contribution in [1.29, 1.82) is 0 Å². The lowest BCUT2D eigenvalue weighted by atomic mass is 10.2. The molecule has 0 bridgehead atoms. The van der Waals surface area contributed by atoms with Crippen LogP contribution in [0, 0.1) is 0 Å². The van der Waals surface area contributed by atoms with E-state index in [0.29, 0.717) is 18.8 Å². The van der Waals surface area contributed by atoms with Gasteiger partial charge < -0.3 is 9.84 Å². The van der Waals surface area contributed by atoms with Gasteiger partial charge in [-0.05, 0) is 27.2 Å². The molecule has 0 aromatic carbocycles. The van der Waals surface area contributed by atoms with E-state index >= 15 is 0 Å². The molecular formula is C9H18O4S. The van der Waals surface area contributed by atoms with E-state index < -0.39 is 21.5 Å². The minimum absolute atomic E-state index is 0.00928. The molecule has 0 heterocycles. The maximum absolute atomic E-state index is 11.6. The molecule has 14 heavy (non-hydrogen) atoms. The molecule has 0 saturated carbocycles. The summed E-state index contributed by atoms with van der Waals surface area (Å²) in [5, 5.41) is 8.57. The molecule has 0 aromatic rings. The number of aliphatic hydroxyl groups is 1. The highest BCUT2D eigenvalue weighted by atomic mass is 32.2. The number of aliphatic hydroxyl groups excluding tert-OH is 1. The lowest BCUT2D eigenvalue weighted by Crippen LogP contribution is -2.39. The van der Waals surface area contributed by atoms with E-state index in [9.17, 15) is 9.00 Å². The minimum atomic E-state index is -1.30. The molecule has 0 aliphatic heterocycles. The first kappa shape index (κ1) is 13.6. The van der Waals surface area contributed by atoms with Crippen molar-refractivity contribution in [2.75, 3.05) is 19.0 Å². The monoisotopic (exact) mass is 222 g/mol. The summed E-state index contributed by atoms with van der Waals surface area (Å²) in [5.41, 5.74) is 0. The summed E-state index contributed by atoms with van der Waals surface area (Å²) in [6, 6.07) is 0. The lowest BCUT2D eigenvalue weighted by Gasteiger charge is -2.21. The summed E-state index contributed by atoms with van der Waals surface area (Å²) in [7, 11) is -1.30. The zero-order valence-corrected chi connectivity index (χ0v) is 9.73. The number of hydrogen-bond acceptors (Lipinski definition) is 4. The van der Waals surface area contributed by atoms with Crippen molar-refractivity contribution >= 4 is 16.8 Å². The van der Waals surface area contributed by atoms with Crippen LogP contribution in [0.25, 0.3) is 0 Å². The van der Waals surface area contributed by atoms with Gasteiger partial charge in [0.25, 0.3) is 0 Å². The van der Waals surface area contributed by atoms with Crippen LogP contribution in [0.15, 0.2) is 0 Å². The van der Waals surface area contributed by atoms with Gasteiger partial charge in [-0.15, -0.1) is 0 Å². The van der Waals surface area contributed by atoms with Crippen molar-refractivity contribution in [2.24, 2.45) is 0 Å². The van der Waals surface area contributed by atoms with Crippen molar-refractivity contribution < 1.29 is 18.8 Å². The predicted molar refractivity (Wildman–Crippen MR) is 55.4 cm³/mol. The zero-order chi connectivity index (χ0) is 11.2. The molecule has 0 spiro atoms. The molecule has 84 valence electrons. The third kappa shape index (κ3) is 3.75. The van der Waals surface area contributed by atoms with E-state index in [1.807, 2.05) is 0 Å². The summed E-state index contributed by atoms with van der Waals surface area (Å²) in [5.74, 6) is -0.126. The molecule has 5 heteroatoms. The van der Waals surface area contributed by atoms with Crippen molar-refractivity contribution in [1.82, 2.24) is 0 Å². The molecular weight excluding hydrogens is 204 g/mol. The highest BCUT2D eigenvalue weighted by molar-refractivity contribution is 7.87. The van der Waals surface area contributed by atoms with Gasteiger partial charge in [-0.2, -0.15) is 0 Å². The first-order chi connectivity index (χ1) is 6.46. The second-order valence-corrected chi connectivity index (χ2v) is 5.48. The van der Waals surface area contributed by atoms with Gasteiger partial charge >= 0.3 is 5.97 Å². The fourth-order valence-electron chi connectivity index (χ4n) is 0.849. The highest BCUT2D eigenvalue weighted by Gasteiger charge is 2.35. The molecule has 1 atom stereocenters. The van der Waals surface area contributed by atoms with Gasteiger partial charge in [-0.3, -0.25) is 9.00 Å². The van der Waals surface area contributed by atoms with E-state index in [-0.39, 0.29) is 6.61 Å². The van der Waals surface area contributed by atoms with Crippen LogP contribution in [-0.2, 0) is 20.3 Å². The van der Waals surface area contributed by atoms with Crippen molar-refractivity contribution in [3.05, 3.63) is 0 Å². The van der Waals surface area contributed by atoms with Crippen LogP contribution in [0.4, 0.5) is 0 Å². The molecule has 0 aliphatic carbocycles. The Morgan fingerprint density at radius 2 is 2.07 bits per heavy atom. The Balaban J connectivity index is 4.28. The smallest absolute Gasteiger partial charge is 0.324 e. The molecule has 0 radical (unpaired) electrons. The fraction of sp³-hybridized carbons (Fsp3) is 0.889. The Kier molecular flexibility index (Phi) is 5.95. The molecule has 0 amide bonds. The van der Waals surface area contributed by atoms with E-state index in [2.05, 4.69) is 0 Å². The Labute approximate surface area is 87.1 Å². The standard InChI is InChI=1S/C9H18O4S/c1-4-13-8(11)9(2,3)14(12)7-5-6-10/h10H,4-7H2,1-3H3. The lowest BCUT2D eigenvalue weighted by molar-refractivity contribution is -0.145. The molecule has 0 saturated heterocycles. The van der Waals surface area contributed by atoms with Gasteiger partial charge in [0.2, 0.25) is 0 Å². The van der Waals surface area contributed by atoms with E-state index in [4.69, 9.17) is 9.84 Å². The van der Waals surface area contributed by atoms with Crippen LogP contribution >= 0.6 is 0 Å². The van der Waals surface area contributed by atoms with Crippen LogP contribution in [0.3, 0.4) is 0 Å². The van der Waals surface area contributed by atoms with Crippen molar-refractivity contribution in [3.8, 4) is 0 Å². The summed E-state index contributed by atoms with van der Waals surface area (Å²) in [6.07, 6.45) is 0.440. The number of rotatable bonds is 6. The first-order valence-corrected chi connectivity index (χ1v) is 5.95. The van der Waals surface area contributed by atoms with Gasteiger partial charge in [-0.25, -0.2) is 0 Å². The van der Waals surface area contributed by atoms with E-state index in [1.54, 1.807) is 20.8 Å². The van der Waals surface area contributed by atoms with Gasteiger partial charge in [0, 0.05) is 23.2 Å². The van der Waals surface area contributed by atoms with Crippen LogP contribution in [0.1, 0.15) is 27.2 Å². The Morgan fingerprint density at radius 1 is 1.50 bits per heavy atom. The Hall–Kier alpha value is -0.420. The average molecular weight is 222 g/mol. The normalized spacial score (nSPS) is 13.7. The minimum Gasteiger partial charge on any atom is -0.465 e. The van der Waals surface area contributed by atoms with Crippen LogP contribution < -0.4 is 0 Å². The molecule has 1 unspecified atom stereocenters. The second kappa shape index (κ2) is 6.14. The van der Waals surface area contributed by atoms with Gasteiger partial charge in [0.1, 0.15) is 4.75 Å². The van der Waals surface area contributed by atoms with E-state index in [0.717, 1.165) is 0 Å². The number of esters is 1. The predicted octanol–water partition coefficient (Wildman–Crippen LogP) is 0.459. The zero-order valence-electron chi connectivity index (χ0n) is 8.91. The second-order valence-electron chi connectivity index (χ2n) is 3.36. The Morgan fingerprint density at radius 3 is 2.50 bits per heavy atom. The van der Waals surface area contributed by atoms with Crippen molar-refractivity contribution in [3.63, 3.8) is 0 Å². The Bertz CT molecular complexity index is 213. The van der Waals surface area contributed by atoms with Crippen LogP contribution in [0.2, 0.25) is 0 Å². The fourth-order valence-corrected chi connectivity index (χ4v) is 2.00. The molecule has 0 aliphatic rings.